The van der Waals surface area contributed by atoms with Crippen LogP contribution in [0.25, 0.3) is 0 Å². The zero-order chi connectivity index (χ0) is 7.15. The van der Waals surface area contributed by atoms with Crippen molar-refractivity contribution in [3.63, 3.8) is 0 Å². The topological polar surface area (TPSA) is 138 Å². The maximum atomic E-state index is 8.42. The van der Waals surface area contributed by atoms with E-state index in [1.165, 1.54) is 0 Å². The molecule has 0 rings (SSSR count). The minimum absolute atomic E-state index is 0. The van der Waals surface area contributed by atoms with E-state index in [0.717, 1.165) is 0 Å². The van der Waals surface area contributed by atoms with Gasteiger partial charge in [0, 0.05) is 0 Å². The van der Waals surface area contributed by atoms with E-state index in [2.05, 4.69) is 0 Å². The van der Waals surface area contributed by atoms with E-state index < -0.39 is 14.6 Å². The van der Waals surface area contributed by atoms with E-state index in [-0.39, 0.29) is 74.6 Å². The Morgan fingerprint density at radius 3 is 0.500 bits per heavy atom. The predicted octanol–water partition coefficient (Wildman–Crippen LogP) is -7.90. The molecule has 0 aromatic heterocycles. The van der Waals surface area contributed by atoms with E-state index in [1.54, 1.807) is 0 Å². The van der Waals surface area contributed by atoms with Gasteiger partial charge in [0.15, 0.2) is 0 Å². The molecule has 0 aromatic carbocycles. The van der Waals surface area contributed by atoms with Gasteiger partial charge in [-0.2, -0.15) is 0 Å². The van der Waals surface area contributed by atoms with Crippen LogP contribution >= 0.6 is 0 Å². The molecule has 0 N–H and O–H groups in total. The van der Waals surface area contributed by atoms with Crippen molar-refractivity contribution in [2.24, 2.45) is 0 Å². The van der Waals surface area contributed by atoms with Gasteiger partial charge >= 0.3 is 74.6 Å². The first-order valence-corrected chi connectivity index (χ1v) is 1.41. The standard InChI is InChI=1S/2BO3.2Er/c2*2-1(3)4;;/q2*-3;2*+3. The van der Waals surface area contributed by atoms with Crippen molar-refractivity contribution < 1.29 is 105 Å². The van der Waals surface area contributed by atoms with E-state index in [4.69, 9.17) is 30.1 Å². The van der Waals surface area contributed by atoms with Crippen molar-refractivity contribution in [2.45, 2.75) is 0 Å². The van der Waals surface area contributed by atoms with Crippen LogP contribution in [0.5, 0.6) is 0 Å². The number of hydrogen-bond donors (Lipinski definition) is 0. The molecule has 0 bridgehead atoms. The molecule has 6 nitrogen and oxygen atoms in total. The SMILES string of the molecule is [Er+3].[Er+3].[O-]B([O-])[O-].[O-]B([O-])[O-]. The zero-order valence-corrected chi connectivity index (χ0v) is 7.89. The molecule has 0 amide bonds. The average molecular weight is 452 g/mol. The molecule has 0 fully saturated rings. The summed E-state index contributed by atoms with van der Waals surface area (Å²) in [6.45, 7) is 0. The van der Waals surface area contributed by atoms with E-state index >= 15 is 0 Å². The van der Waals surface area contributed by atoms with Crippen molar-refractivity contribution in [3.05, 3.63) is 0 Å². The third-order valence-corrected chi connectivity index (χ3v) is 0. The number of rotatable bonds is 0. The molecule has 0 saturated carbocycles. The van der Waals surface area contributed by atoms with Crippen LogP contribution in [-0.4, -0.2) is 14.6 Å². The molecule has 66 valence electrons. The second-order valence-corrected chi connectivity index (χ2v) is 0.577. The second kappa shape index (κ2) is 17.5. The molecule has 0 unspecified atom stereocenters. The minimum atomic E-state index is -2.92. The van der Waals surface area contributed by atoms with Crippen LogP contribution in [0.3, 0.4) is 0 Å². The first kappa shape index (κ1) is 22.8. The fraction of sp³-hybridized carbons (Fsp3) is 0. The molecular formula is B2Er2O6. The van der Waals surface area contributed by atoms with Gasteiger partial charge in [0.2, 0.25) is 0 Å². The minimum Gasteiger partial charge on any atom is -0.907 e. The van der Waals surface area contributed by atoms with Crippen molar-refractivity contribution in [1.82, 2.24) is 0 Å². The van der Waals surface area contributed by atoms with Gasteiger partial charge in [-0.05, 0) is 0 Å². The Hall–Kier alpha value is 2.38. The molecule has 0 saturated heterocycles. The maximum Gasteiger partial charge on any atom is 3.00 e. The zero-order valence-electron chi connectivity index (χ0n) is 4.18. The van der Waals surface area contributed by atoms with E-state index in [1.807, 2.05) is 0 Å². The van der Waals surface area contributed by atoms with Crippen LogP contribution in [0.1, 0.15) is 0 Å². The van der Waals surface area contributed by atoms with Crippen LogP contribution < -0.4 is 30.1 Å². The molecule has 2 radical (unpaired) electrons. The molecule has 10 heavy (non-hydrogen) atoms. The molecule has 0 heterocycles. The van der Waals surface area contributed by atoms with Crippen LogP contribution in [0.2, 0.25) is 0 Å². The second-order valence-electron chi connectivity index (χ2n) is 0.577. The van der Waals surface area contributed by atoms with Gasteiger partial charge in [-0.15, -0.1) is 0 Å². The third-order valence-electron chi connectivity index (χ3n) is 0. The fourth-order valence-electron chi connectivity index (χ4n) is 0. The summed E-state index contributed by atoms with van der Waals surface area (Å²) in [7, 11) is -5.83. The Morgan fingerprint density at radius 2 is 0.500 bits per heavy atom. The summed E-state index contributed by atoms with van der Waals surface area (Å²) in [6.07, 6.45) is 0. The Morgan fingerprint density at radius 1 is 0.500 bits per heavy atom. The van der Waals surface area contributed by atoms with Crippen molar-refractivity contribution in [2.75, 3.05) is 0 Å². The van der Waals surface area contributed by atoms with Crippen molar-refractivity contribution in [1.29, 1.82) is 0 Å². The number of hydrogen-bond acceptors (Lipinski definition) is 6. The molecule has 0 atom stereocenters. The molecule has 0 spiro atoms. The quantitative estimate of drug-likeness (QED) is 0.335. The van der Waals surface area contributed by atoms with Gasteiger partial charge in [-0.3, -0.25) is 14.6 Å². The summed E-state index contributed by atoms with van der Waals surface area (Å²) in [4.78, 5) is 0. The summed E-state index contributed by atoms with van der Waals surface area (Å²) in [6, 6.07) is 0. The molecular weight excluding hydrogens is 452 g/mol. The van der Waals surface area contributed by atoms with Gasteiger partial charge in [0.1, 0.15) is 0 Å². The summed E-state index contributed by atoms with van der Waals surface area (Å²) in [5.41, 5.74) is 0. The molecule has 0 aliphatic carbocycles. The Balaban J connectivity index is -0.0000000300. The Labute approximate surface area is 117 Å². The van der Waals surface area contributed by atoms with Gasteiger partial charge in [-0.25, -0.2) is 0 Å². The van der Waals surface area contributed by atoms with Crippen LogP contribution in [0.4, 0.5) is 0 Å². The van der Waals surface area contributed by atoms with Crippen molar-refractivity contribution in [3.8, 4) is 0 Å². The van der Waals surface area contributed by atoms with E-state index in [9.17, 15) is 0 Å². The van der Waals surface area contributed by atoms with E-state index in [0.29, 0.717) is 0 Å². The largest absolute Gasteiger partial charge is 3.00 e. The van der Waals surface area contributed by atoms with Gasteiger partial charge in [0.05, 0.1) is 0 Å². The normalized spacial score (nSPS) is 5.40. The Bertz CT molecular complexity index is 29.2. The maximum absolute atomic E-state index is 8.42. The summed E-state index contributed by atoms with van der Waals surface area (Å²) >= 11 is 0. The third kappa shape index (κ3) is 161. The van der Waals surface area contributed by atoms with Gasteiger partial charge in [-0.1, -0.05) is 0 Å². The molecule has 0 aliphatic rings. The summed E-state index contributed by atoms with van der Waals surface area (Å²) < 4.78 is 0. The summed E-state index contributed by atoms with van der Waals surface area (Å²) in [5, 5.41) is 50.5. The molecule has 0 aliphatic heterocycles. The van der Waals surface area contributed by atoms with Gasteiger partial charge in [0.25, 0.3) is 0 Å². The predicted molar refractivity (Wildman–Crippen MR) is 11.5 cm³/mol. The van der Waals surface area contributed by atoms with Crippen LogP contribution in [0.15, 0.2) is 0 Å². The fourth-order valence-corrected chi connectivity index (χ4v) is 0. The Kier molecular flexibility index (Phi) is 39.9. The summed E-state index contributed by atoms with van der Waals surface area (Å²) in [5.74, 6) is 0. The molecule has 10 heteroatoms. The monoisotopic (exact) mass is 450 g/mol. The average Bonchev–Trinajstić information content (AvgIpc) is 1.25. The smallest absolute Gasteiger partial charge is 0.907 e. The first-order chi connectivity index (χ1) is 3.46. The van der Waals surface area contributed by atoms with Crippen LogP contribution in [-0.2, 0) is 0 Å². The van der Waals surface area contributed by atoms with Gasteiger partial charge < -0.3 is 30.1 Å². The van der Waals surface area contributed by atoms with Crippen LogP contribution in [0, 0.1) is 74.6 Å². The van der Waals surface area contributed by atoms with Crippen molar-refractivity contribution >= 4 is 14.6 Å². The molecule has 0 aromatic rings. The first-order valence-electron chi connectivity index (χ1n) is 1.41.